The second-order valence-electron chi connectivity index (χ2n) is 3.85. The summed E-state index contributed by atoms with van der Waals surface area (Å²) in [6.45, 7) is 0.191. The summed E-state index contributed by atoms with van der Waals surface area (Å²) < 4.78 is 19.0. The SMILES string of the molecule is Fc1cccc(COc2cccc(Cl)c2CBr)c1Cl. The van der Waals surface area contributed by atoms with Gasteiger partial charge in [-0.1, -0.05) is 57.3 Å². The third kappa shape index (κ3) is 3.41. The summed E-state index contributed by atoms with van der Waals surface area (Å²) in [4.78, 5) is 0. The van der Waals surface area contributed by atoms with Crippen LogP contribution in [0.5, 0.6) is 5.75 Å². The molecular weight excluding hydrogens is 354 g/mol. The zero-order chi connectivity index (χ0) is 13.8. The highest BCUT2D eigenvalue weighted by atomic mass is 79.9. The van der Waals surface area contributed by atoms with Crippen molar-refractivity contribution in [2.24, 2.45) is 0 Å². The average Bonchev–Trinajstić information content (AvgIpc) is 2.40. The van der Waals surface area contributed by atoms with Crippen LogP contribution in [0.2, 0.25) is 10.0 Å². The van der Waals surface area contributed by atoms with Crippen LogP contribution < -0.4 is 4.74 Å². The number of benzene rings is 2. The Morgan fingerprint density at radius 3 is 2.58 bits per heavy atom. The lowest BCUT2D eigenvalue weighted by atomic mass is 10.2. The number of hydrogen-bond donors (Lipinski definition) is 0. The van der Waals surface area contributed by atoms with Gasteiger partial charge in [-0.3, -0.25) is 0 Å². The predicted molar refractivity (Wildman–Crippen MR) is 79.8 cm³/mol. The van der Waals surface area contributed by atoms with Crippen LogP contribution in [-0.4, -0.2) is 0 Å². The first-order valence-electron chi connectivity index (χ1n) is 5.52. The van der Waals surface area contributed by atoms with Gasteiger partial charge in [0.15, 0.2) is 0 Å². The number of ether oxygens (including phenoxy) is 1. The van der Waals surface area contributed by atoms with E-state index in [-0.39, 0.29) is 11.6 Å². The van der Waals surface area contributed by atoms with Crippen LogP contribution in [0.15, 0.2) is 36.4 Å². The minimum atomic E-state index is -0.449. The molecule has 0 bridgehead atoms. The molecule has 1 nitrogen and oxygen atoms in total. The van der Waals surface area contributed by atoms with Crippen LogP contribution in [0.1, 0.15) is 11.1 Å². The normalized spacial score (nSPS) is 10.5. The van der Waals surface area contributed by atoms with E-state index in [1.165, 1.54) is 6.07 Å². The van der Waals surface area contributed by atoms with E-state index < -0.39 is 5.82 Å². The van der Waals surface area contributed by atoms with Crippen molar-refractivity contribution in [2.75, 3.05) is 0 Å². The molecule has 0 aliphatic heterocycles. The van der Waals surface area contributed by atoms with Gasteiger partial charge in [-0.2, -0.15) is 0 Å². The zero-order valence-electron chi connectivity index (χ0n) is 9.80. The van der Waals surface area contributed by atoms with E-state index in [0.717, 1.165) is 5.56 Å². The average molecular weight is 364 g/mol. The maximum Gasteiger partial charge on any atom is 0.142 e. The predicted octanol–water partition coefficient (Wildman–Crippen LogP) is 5.61. The molecule has 2 aromatic rings. The zero-order valence-corrected chi connectivity index (χ0v) is 12.9. The monoisotopic (exact) mass is 362 g/mol. The van der Waals surface area contributed by atoms with Crippen LogP contribution in [0.3, 0.4) is 0 Å². The van der Waals surface area contributed by atoms with Gasteiger partial charge in [-0.05, 0) is 18.2 Å². The van der Waals surface area contributed by atoms with Gasteiger partial charge in [-0.25, -0.2) is 4.39 Å². The minimum Gasteiger partial charge on any atom is -0.488 e. The Bertz CT molecular complexity index is 590. The van der Waals surface area contributed by atoms with E-state index in [2.05, 4.69) is 15.9 Å². The van der Waals surface area contributed by atoms with Crippen molar-refractivity contribution in [1.29, 1.82) is 0 Å². The highest BCUT2D eigenvalue weighted by Gasteiger charge is 2.09. The first-order chi connectivity index (χ1) is 9.13. The molecule has 19 heavy (non-hydrogen) atoms. The first-order valence-corrected chi connectivity index (χ1v) is 7.40. The summed E-state index contributed by atoms with van der Waals surface area (Å²) in [6, 6.07) is 10.1. The van der Waals surface area contributed by atoms with Crippen molar-refractivity contribution < 1.29 is 9.13 Å². The van der Waals surface area contributed by atoms with Gasteiger partial charge in [0, 0.05) is 21.5 Å². The minimum absolute atomic E-state index is 0.0879. The molecule has 0 amide bonds. The fourth-order valence-electron chi connectivity index (χ4n) is 1.62. The highest BCUT2D eigenvalue weighted by molar-refractivity contribution is 9.08. The van der Waals surface area contributed by atoms with E-state index in [1.807, 2.05) is 6.07 Å². The molecule has 2 rings (SSSR count). The molecule has 0 N–H and O–H groups in total. The third-order valence-corrected chi connectivity index (χ3v) is 3.96. The lowest BCUT2D eigenvalue weighted by Crippen LogP contribution is -1.99. The van der Waals surface area contributed by atoms with Crippen LogP contribution in [-0.2, 0) is 11.9 Å². The molecule has 0 atom stereocenters. The lowest BCUT2D eigenvalue weighted by Gasteiger charge is -2.12. The summed E-state index contributed by atoms with van der Waals surface area (Å²) in [6.07, 6.45) is 0. The largest absolute Gasteiger partial charge is 0.488 e. The van der Waals surface area contributed by atoms with Crippen LogP contribution >= 0.6 is 39.1 Å². The molecule has 0 heterocycles. The van der Waals surface area contributed by atoms with Crippen molar-refractivity contribution >= 4 is 39.1 Å². The van der Waals surface area contributed by atoms with Crippen molar-refractivity contribution in [3.63, 3.8) is 0 Å². The van der Waals surface area contributed by atoms with Crippen LogP contribution in [0.4, 0.5) is 4.39 Å². The summed E-state index contributed by atoms with van der Waals surface area (Å²) >= 11 is 15.3. The number of rotatable bonds is 4. The molecule has 2 aromatic carbocycles. The van der Waals surface area contributed by atoms with Gasteiger partial charge >= 0.3 is 0 Å². The third-order valence-electron chi connectivity index (χ3n) is 2.62. The Hall–Kier alpha value is -0.770. The maximum atomic E-state index is 13.3. The summed E-state index contributed by atoms with van der Waals surface area (Å²) in [5.41, 5.74) is 1.46. The van der Waals surface area contributed by atoms with Crippen LogP contribution in [0, 0.1) is 5.82 Å². The smallest absolute Gasteiger partial charge is 0.142 e. The molecule has 0 radical (unpaired) electrons. The molecule has 5 heteroatoms. The molecule has 0 saturated heterocycles. The van der Waals surface area contributed by atoms with Gasteiger partial charge in [0.2, 0.25) is 0 Å². The van der Waals surface area contributed by atoms with Gasteiger partial charge < -0.3 is 4.74 Å². The molecule has 0 aliphatic carbocycles. The summed E-state index contributed by atoms with van der Waals surface area (Å²) in [7, 11) is 0. The van der Waals surface area contributed by atoms with E-state index in [0.29, 0.717) is 21.7 Å². The van der Waals surface area contributed by atoms with Crippen molar-refractivity contribution in [3.05, 3.63) is 63.4 Å². The fourth-order valence-corrected chi connectivity index (χ4v) is 2.77. The Morgan fingerprint density at radius 2 is 1.84 bits per heavy atom. The Kier molecular flexibility index (Phi) is 5.08. The van der Waals surface area contributed by atoms with E-state index in [4.69, 9.17) is 27.9 Å². The van der Waals surface area contributed by atoms with E-state index >= 15 is 0 Å². The number of halogens is 4. The second kappa shape index (κ2) is 6.60. The van der Waals surface area contributed by atoms with Gasteiger partial charge in [-0.15, -0.1) is 0 Å². The van der Waals surface area contributed by atoms with Crippen molar-refractivity contribution in [3.8, 4) is 5.75 Å². The van der Waals surface area contributed by atoms with Gasteiger partial charge in [0.25, 0.3) is 0 Å². The molecule has 0 spiro atoms. The lowest BCUT2D eigenvalue weighted by molar-refractivity contribution is 0.303. The first kappa shape index (κ1) is 14.6. The molecule has 100 valence electrons. The Labute approximate surface area is 129 Å². The quantitative estimate of drug-likeness (QED) is 0.642. The molecule has 0 fully saturated rings. The maximum absolute atomic E-state index is 13.3. The summed E-state index contributed by atoms with van der Waals surface area (Å²) in [5, 5.41) is 1.29. The number of hydrogen-bond acceptors (Lipinski definition) is 1. The van der Waals surface area contributed by atoms with E-state index in [9.17, 15) is 4.39 Å². The molecule has 0 saturated carbocycles. The number of alkyl halides is 1. The second-order valence-corrected chi connectivity index (χ2v) is 5.20. The standard InChI is InChI=1S/C14H10BrCl2FO/c15-7-10-11(16)4-2-6-13(10)19-8-9-3-1-5-12(18)14(9)17/h1-6H,7-8H2. The topological polar surface area (TPSA) is 9.23 Å². The molecule has 0 aromatic heterocycles. The van der Waals surface area contributed by atoms with E-state index in [1.54, 1.807) is 24.3 Å². The molecular formula is C14H10BrCl2FO. The highest BCUT2D eigenvalue weighted by Crippen LogP contribution is 2.30. The van der Waals surface area contributed by atoms with Crippen molar-refractivity contribution in [1.82, 2.24) is 0 Å². The summed E-state index contributed by atoms with van der Waals surface area (Å²) in [5.74, 6) is 0.208. The van der Waals surface area contributed by atoms with Gasteiger partial charge in [0.1, 0.15) is 18.2 Å². The Morgan fingerprint density at radius 1 is 1.11 bits per heavy atom. The molecule has 0 aliphatic rings. The molecule has 0 unspecified atom stereocenters. The fraction of sp³-hybridized carbons (Fsp3) is 0.143. The van der Waals surface area contributed by atoms with Crippen LogP contribution in [0.25, 0.3) is 0 Å². The van der Waals surface area contributed by atoms with Crippen molar-refractivity contribution in [2.45, 2.75) is 11.9 Å². The van der Waals surface area contributed by atoms with Gasteiger partial charge in [0.05, 0.1) is 5.02 Å². The Balaban J connectivity index is 2.19.